The molecule has 4 heterocycles. The minimum absolute atomic E-state index is 0.0852. The first-order valence-corrected chi connectivity index (χ1v) is 8.58. The first-order chi connectivity index (χ1) is 11.7. The van der Waals surface area contributed by atoms with Crippen LogP contribution in [0.3, 0.4) is 0 Å². The molecule has 0 bridgehead atoms. The minimum atomic E-state index is -0.0852. The van der Waals surface area contributed by atoms with Crippen molar-refractivity contribution in [3.63, 3.8) is 0 Å². The molecular weight excluding hydrogens is 324 g/mol. The number of H-pyrrole nitrogens is 1. The van der Waals surface area contributed by atoms with Crippen molar-refractivity contribution < 1.29 is 0 Å². The van der Waals surface area contributed by atoms with Crippen LogP contribution in [0.2, 0.25) is 0 Å². The topological polar surface area (TPSA) is 87.7 Å². The number of thiazole rings is 1. The normalized spacial score (nSPS) is 14.5. The van der Waals surface area contributed by atoms with Crippen molar-refractivity contribution in [2.75, 3.05) is 6.54 Å². The van der Waals surface area contributed by atoms with Crippen LogP contribution in [-0.4, -0.2) is 36.4 Å². The van der Waals surface area contributed by atoms with Gasteiger partial charge in [0.15, 0.2) is 0 Å². The van der Waals surface area contributed by atoms with Crippen molar-refractivity contribution in [3.8, 4) is 11.4 Å². The summed E-state index contributed by atoms with van der Waals surface area (Å²) >= 11 is 1.65. The number of fused-ring (bicyclic) bond motifs is 1. The zero-order chi connectivity index (χ0) is 16.5. The fourth-order valence-corrected chi connectivity index (χ4v) is 3.49. The van der Waals surface area contributed by atoms with Gasteiger partial charge in [-0.05, 0) is 6.92 Å². The van der Waals surface area contributed by atoms with Crippen LogP contribution in [0, 0.1) is 6.92 Å². The van der Waals surface area contributed by atoms with Crippen molar-refractivity contribution in [3.05, 3.63) is 56.4 Å². The highest BCUT2D eigenvalue weighted by Crippen LogP contribution is 2.19. The van der Waals surface area contributed by atoms with Gasteiger partial charge in [0.25, 0.3) is 5.56 Å². The number of nitrogens with one attached hydrogen (secondary N) is 1. The number of hydrogen-bond donors (Lipinski definition) is 1. The van der Waals surface area contributed by atoms with E-state index in [4.69, 9.17) is 0 Å². The quantitative estimate of drug-likeness (QED) is 0.778. The van der Waals surface area contributed by atoms with E-state index in [0.29, 0.717) is 12.4 Å². The van der Waals surface area contributed by atoms with Gasteiger partial charge in [0.05, 0.1) is 27.5 Å². The van der Waals surface area contributed by atoms with Crippen LogP contribution in [0.1, 0.15) is 22.0 Å². The molecule has 0 fully saturated rings. The van der Waals surface area contributed by atoms with Gasteiger partial charge < -0.3 is 4.98 Å². The second-order valence-electron chi connectivity index (χ2n) is 5.79. The van der Waals surface area contributed by atoms with Gasteiger partial charge in [-0.1, -0.05) is 0 Å². The maximum Gasteiger partial charge on any atom is 0.255 e. The second-order valence-corrected chi connectivity index (χ2v) is 6.85. The Bertz CT molecular complexity index is 920. The molecule has 0 aliphatic carbocycles. The number of aromatic nitrogens is 5. The highest BCUT2D eigenvalue weighted by atomic mass is 32.1. The fraction of sp³-hybridized carbons (Fsp3) is 0.312. The Morgan fingerprint density at radius 3 is 2.88 bits per heavy atom. The maximum absolute atomic E-state index is 12.5. The smallest absolute Gasteiger partial charge is 0.255 e. The largest absolute Gasteiger partial charge is 0.306 e. The van der Waals surface area contributed by atoms with Crippen LogP contribution in [0.4, 0.5) is 0 Å². The molecule has 0 saturated heterocycles. The average molecular weight is 340 g/mol. The number of aryl methyl sites for hydroxylation is 1. The van der Waals surface area contributed by atoms with Crippen LogP contribution < -0.4 is 5.56 Å². The summed E-state index contributed by atoms with van der Waals surface area (Å²) in [6.45, 7) is 4.23. The Morgan fingerprint density at radius 2 is 2.12 bits per heavy atom. The van der Waals surface area contributed by atoms with Gasteiger partial charge in [-0.2, -0.15) is 0 Å². The van der Waals surface area contributed by atoms with Crippen molar-refractivity contribution in [2.45, 2.75) is 26.4 Å². The molecule has 0 atom stereocenters. The molecule has 0 saturated carbocycles. The summed E-state index contributed by atoms with van der Waals surface area (Å²) < 4.78 is 0. The van der Waals surface area contributed by atoms with E-state index in [0.717, 1.165) is 47.0 Å². The highest BCUT2D eigenvalue weighted by Gasteiger charge is 2.22. The number of rotatable bonds is 3. The first-order valence-electron chi connectivity index (χ1n) is 7.70. The van der Waals surface area contributed by atoms with Crippen molar-refractivity contribution in [2.24, 2.45) is 0 Å². The summed E-state index contributed by atoms with van der Waals surface area (Å²) in [6.07, 6.45) is 5.51. The van der Waals surface area contributed by atoms with Gasteiger partial charge in [0.2, 0.25) is 0 Å². The molecule has 0 radical (unpaired) electrons. The third-order valence-corrected chi connectivity index (χ3v) is 4.86. The monoisotopic (exact) mass is 340 g/mol. The van der Waals surface area contributed by atoms with Gasteiger partial charge in [-0.3, -0.25) is 9.69 Å². The van der Waals surface area contributed by atoms with Crippen LogP contribution in [0.5, 0.6) is 0 Å². The summed E-state index contributed by atoms with van der Waals surface area (Å²) in [4.78, 5) is 34.6. The Kier molecular flexibility index (Phi) is 3.91. The molecule has 1 aliphatic heterocycles. The second kappa shape index (κ2) is 6.21. The number of nitrogens with zero attached hydrogens (tertiary/aromatic N) is 5. The zero-order valence-corrected chi connectivity index (χ0v) is 14.0. The molecule has 4 rings (SSSR count). The van der Waals surface area contributed by atoms with Crippen LogP contribution in [-0.2, 0) is 19.5 Å². The summed E-state index contributed by atoms with van der Waals surface area (Å²) in [6, 6.07) is 0. The molecule has 24 heavy (non-hydrogen) atoms. The van der Waals surface area contributed by atoms with E-state index in [1.54, 1.807) is 23.7 Å². The van der Waals surface area contributed by atoms with E-state index < -0.39 is 0 Å². The lowest BCUT2D eigenvalue weighted by atomic mass is 10.1. The van der Waals surface area contributed by atoms with E-state index in [1.165, 1.54) is 6.33 Å². The molecule has 3 aromatic heterocycles. The fourth-order valence-electron chi connectivity index (χ4n) is 2.88. The Morgan fingerprint density at radius 1 is 1.29 bits per heavy atom. The van der Waals surface area contributed by atoms with E-state index >= 15 is 0 Å². The summed E-state index contributed by atoms with van der Waals surface area (Å²) in [5.74, 6) is 0.530. The summed E-state index contributed by atoms with van der Waals surface area (Å²) in [5.41, 5.74) is 3.30. The molecule has 3 aromatic rings. The van der Waals surface area contributed by atoms with Gasteiger partial charge in [-0.15, -0.1) is 11.3 Å². The Balaban J connectivity index is 1.59. The lowest BCUT2D eigenvalue weighted by Gasteiger charge is -2.27. The molecule has 0 aromatic carbocycles. The highest BCUT2D eigenvalue weighted by molar-refractivity contribution is 7.09. The van der Waals surface area contributed by atoms with Crippen molar-refractivity contribution in [1.82, 2.24) is 29.8 Å². The Labute approximate surface area is 142 Å². The lowest BCUT2D eigenvalue weighted by Crippen LogP contribution is -2.35. The van der Waals surface area contributed by atoms with Crippen LogP contribution >= 0.6 is 11.3 Å². The van der Waals surface area contributed by atoms with Crippen molar-refractivity contribution >= 4 is 11.3 Å². The molecular formula is C16H16N6OS. The van der Waals surface area contributed by atoms with Gasteiger partial charge in [0.1, 0.15) is 12.2 Å². The average Bonchev–Trinajstić information content (AvgIpc) is 3.01. The SMILES string of the molecule is Cc1nc(CN2CCc3nc(-c4cncnc4)[nH]c(=O)c3C2)cs1. The number of aromatic amines is 1. The third kappa shape index (κ3) is 2.98. The minimum Gasteiger partial charge on any atom is -0.306 e. The van der Waals surface area contributed by atoms with Crippen LogP contribution in [0.15, 0.2) is 28.9 Å². The van der Waals surface area contributed by atoms with Gasteiger partial charge in [-0.25, -0.2) is 19.9 Å². The number of hydrogen-bond acceptors (Lipinski definition) is 7. The van der Waals surface area contributed by atoms with Crippen LogP contribution in [0.25, 0.3) is 11.4 Å². The molecule has 1 aliphatic rings. The standard InChI is InChI=1S/C16H16N6OS/c1-10-19-12(8-24-10)6-22-3-2-14-13(7-22)16(23)21-15(20-14)11-4-17-9-18-5-11/h4-5,8-9H,2-3,6-7H2,1H3,(H,20,21,23). The summed E-state index contributed by atoms with van der Waals surface area (Å²) in [5, 5.41) is 3.14. The predicted molar refractivity (Wildman–Crippen MR) is 90.6 cm³/mol. The third-order valence-electron chi connectivity index (χ3n) is 4.03. The van der Waals surface area contributed by atoms with Crippen molar-refractivity contribution in [1.29, 1.82) is 0 Å². The first kappa shape index (κ1) is 15.1. The molecule has 0 amide bonds. The zero-order valence-electron chi connectivity index (χ0n) is 13.2. The van der Waals surface area contributed by atoms with E-state index in [1.807, 2.05) is 6.92 Å². The molecule has 8 heteroatoms. The predicted octanol–water partition coefficient (Wildman–Crippen LogP) is 1.55. The van der Waals surface area contributed by atoms with E-state index in [9.17, 15) is 4.79 Å². The Hall–Kier alpha value is -2.45. The lowest BCUT2D eigenvalue weighted by molar-refractivity contribution is 0.239. The van der Waals surface area contributed by atoms with E-state index in [-0.39, 0.29) is 5.56 Å². The molecule has 0 unspecified atom stereocenters. The van der Waals surface area contributed by atoms with E-state index in [2.05, 4.69) is 35.2 Å². The summed E-state index contributed by atoms with van der Waals surface area (Å²) in [7, 11) is 0. The van der Waals surface area contributed by atoms with Gasteiger partial charge in [0, 0.05) is 43.8 Å². The maximum atomic E-state index is 12.5. The molecule has 0 spiro atoms. The molecule has 7 nitrogen and oxygen atoms in total. The molecule has 1 N–H and O–H groups in total. The molecule has 122 valence electrons. The van der Waals surface area contributed by atoms with Gasteiger partial charge >= 0.3 is 0 Å².